The van der Waals surface area contributed by atoms with E-state index in [0.29, 0.717) is 18.9 Å². The molecule has 1 aliphatic carbocycles. The highest BCUT2D eigenvalue weighted by molar-refractivity contribution is 5.81. The normalized spacial score (nSPS) is 29.4. The fourth-order valence-corrected chi connectivity index (χ4v) is 3.28. The molecule has 5 heteroatoms. The number of hydrogen-bond acceptors (Lipinski definition) is 3. The maximum atomic E-state index is 12.4. The molecular weight excluding hydrogens is 244 g/mol. The second-order valence-electron chi connectivity index (χ2n) is 6.03. The minimum atomic E-state index is -0.753. The molecule has 5 nitrogen and oxygen atoms in total. The molecule has 2 aliphatic rings. The molecule has 0 unspecified atom stereocenters. The highest BCUT2D eigenvalue weighted by Gasteiger charge is 2.36. The third-order valence-corrected chi connectivity index (χ3v) is 4.71. The minimum Gasteiger partial charge on any atom is -0.481 e. The van der Waals surface area contributed by atoms with Crippen LogP contribution in [0.15, 0.2) is 0 Å². The average molecular weight is 268 g/mol. The van der Waals surface area contributed by atoms with Gasteiger partial charge < -0.3 is 14.9 Å². The quantitative estimate of drug-likeness (QED) is 0.831. The van der Waals surface area contributed by atoms with Crippen molar-refractivity contribution in [1.82, 2.24) is 9.80 Å². The average Bonchev–Trinajstić information content (AvgIpc) is 2.87. The largest absolute Gasteiger partial charge is 0.481 e. The van der Waals surface area contributed by atoms with Gasteiger partial charge in [-0.2, -0.15) is 0 Å². The van der Waals surface area contributed by atoms with E-state index in [-0.39, 0.29) is 17.7 Å². The van der Waals surface area contributed by atoms with Crippen LogP contribution in [0.5, 0.6) is 0 Å². The molecule has 0 bridgehead atoms. The smallest absolute Gasteiger partial charge is 0.306 e. The van der Waals surface area contributed by atoms with Crippen molar-refractivity contribution in [3.63, 3.8) is 0 Å². The second-order valence-corrected chi connectivity index (χ2v) is 6.03. The van der Waals surface area contributed by atoms with Crippen molar-refractivity contribution in [3.8, 4) is 0 Å². The molecule has 1 amide bonds. The molecule has 1 N–H and O–H groups in total. The Balaban J connectivity index is 1.87. The first-order valence-corrected chi connectivity index (χ1v) is 7.17. The van der Waals surface area contributed by atoms with Crippen molar-refractivity contribution in [1.29, 1.82) is 0 Å². The van der Waals surface area contributed by atoms with Crippen LogP contribution >= 0.6 is 0 Å². The van der Waals surface area contributed by atoms with Crippen molar-refractivity contribution in [3.05, 3.63) is 0 Å². The maximum absolute atomic E-state index is 12.4. The lowest BCUT2D eigenvalue weighted by atomic mass is 9.99. The number of amides is 1. The Bertz CT molecular complexity index is 351. The number of aliphatic carboxylic acids is 1. The van der Waals surface area contributed by atoms with Crippen LogP contribution in [0.3, 0.4) is 0 Å². The first-order chi connectivity index (χ1) is 8.99. The molecule has 0 spiro atoms. The summed E-state index contributed by atoms with van der Waals surface area (Å²) in [5.41, 5.74) is 0. The van der Waals surface area contributed by atoms with Crippen LogP contribution in [-0.4, -0.2) is 60.0 Å². The van der Waals surface area contributed by atoms with Crippen molar-refractivity contribution < 1.29 is 14.7 Å². The van der Waals surface area contributed by atoms with E-state index >= 15 is 0 Å². The summed E-state index contributed by atoms with van der Waals surface area (Å²) in [6.45, 7) is 2.06. The van der Waals surface area contributed by atoms with Gasteiger partial charge in [0.1, 0.15) is 0 Å². The topological polar surface area (TPSA) is 60.9 Å². The Kier molecular flexibility index (Phi) is 4.45. The summed E-state index contributed by atoms with van der Waals surface area (Å²) in [5, 5.41) is 9.00. The fourth-order valence-electron chi connectivity index (χ4n) is 3.28. The molecule has 2 fully saturated rings. The van der Waals surface area contributed by atoms with Crippen molar-refractivity contribution in [2.75, 3.05) is 27.2 Å². The Hall–Kier alpha value is -1.10. The van der Waals surface area contributed by atoms with E-state index in [2.05, 4.69) is 11.9 Å². The monoisotopic (exact) mass is 268 g/mol. The van der Waals surface area contributed by atoms with Gasteiger partial charge >= 0.3 is 5.97 Å². The zero-order valence-corrected chi connectivity index (χ0v) is 11.8. The van der Waals surface area contributed by atoms with Gasteiger partial charge in [-0.3, -0.25) is 9.59 Å². The maximum Gasteiger partial charge on any atom is 0.306 e. The number of carbonyl (C=O) groups excluding carboxylic acids is 1. The third-order valence-electron chi connectivity index (χ3n) is 4.71. The Morgan fingerprint density at radius 3 is 2.21 bits per heavy atom. The lowest BCUT2D eigenvalue weighted by molar-refractivity contribution is -0.141. The van der Waals surface area contributed by atoms with E-state index in [0.717, 1.165) is 32.4 Å². The number of carbonyl (C=O) groups is 2. The number of hydrogen-bond donors (Lipinski definition) is 1. The van der Waals surface area contributed by atoms with Crippen molar-refractivity contribution in [2.24, 2.45) is 11.8 Å². The number of carboxylic acids is 1. The van der Waals surface area contributed by atoms with E-state index in [4.69, 9.17) is 5.11 Å². The van der Waals surface area contributed by atoms with Gasteiger partial charge in [-0.15, -0.1) is 0 Å². The molecule has 2 rings (SSSR count). The van der Waals surface area contributed by atoms with E-state index in [9.17, 15) is 9.59 Å². The molecule has 1 heterocycles. The summed E-state index contributed by atoms with van der Waals surface area (Å²) < 4.78 is 0. The molecular formula is C14H24N2O3. The van der Waals surface area contributed by atoms with Gasteiger partial charge in [-0.25, -0.2) is 0 Å². The molecule has 0 aromatic heterocycles. The third kappa shape index (κ3) is 3.26. The van der Waals surface area contributed by atoms with Crippen molar-refractivity contribution in [2.45, 2.75) is 38.1 Å². The van der Waals surface area contributed by atoms with Gasteiger partial charge in [-0.1, -0.05) is 0 Å². The van der Waals surface area contributed by atoms with Crippen LogP contribution in [0.4, 0.5) is 0 Å². The first-order valence-electron chi connectivity index (χ1n) is 7.17. The SMILES string of the molecule is CN1CCC(N(C)C(=O)[C@@H]2CC[C@H](C(=O)O)C2)CC1. The van der Waals surface area contributed by atoms with Gasteiger partial charge in [0, 0.05) is 19.0 Å². The van der Waals surface area contributed by atoms with Gasteiger partial charge in [0.15, 0.2) is 0 Å². The number of likely N-dealkylation sites (tertiary alicyclic amines) is 1. The van der Waals surface area contributed by atoms with E-state index in [1.165, 1.54) is 0 Å². The van der Waals surface area contributed by atoms with Crippen LogP contribution in [-0.2, 0) is 9.59 Å². The predicted octanol–water partition coefficient (Wildman–Crippen LogP) is 1.04. The Labute approximate surface area is 114 Å². The predicted molar refractivity (Wildman–Crippen MR) is 71.8 cm³/mol. The van der Waals surface area contributed by atoms with Gasteiger partial charge in [0.05, 0.1) is 5.92 Å². The van der Waals surface area contributed by atoms with Crippen LogP contribution in [0, 0.1) is 11.8 Å². The number of nitrogens with zero attached hydrogens (tertiary/aromatic N) is 2. The summed E-state index contributed by atoms with van der Waals surface area (Å²) in [7, 11) is 3.99. The van der Waals surface area contributed by atoms with E-state index in [1.54, 1.807) is 0 Å². The van der Waals surface area contributed by atoms with E-state index < -0.39 is 5.97 Å². The summed E-state index contributed by atoms with van der Waals surface area (Å²) in [5.74, 6) is -0.999. The fraction of sp³-hybridized carbons (Fsp3) is 0.857. The molecule has 2 atom stereocenters. The molecule has 1 saturated heterocycles. The Morgan fingerprint density at radius 1 is 1.11 bits per heavy atom. The molecule has 108 valence electrons. The van der Waals surface area contributed by atoms with Crippen LogP contribution in [0.2, 0.25) is 0 Å². The van der Waals surface area contributed by atoms with Gasteiger partial charge in [0.2, 0.25) is 5.91 Å². The van der Waals surface area contributed by atoms with E-state index in [1.807, 2.05) is 11.9 Å². The number of piperidine rings is 1. The molecule has 0 aromatic carbocycles. The second kappa shape index (κ2) is 5.90. The van der Waals surface area contributed by atoms with Crippen molar-refractivity contribution >= 4 is 11.9 Å². The Morgan fingerprint density at radius 2 is 1.68 bits per heavy atom. The lowest BCUT2D eigenvalue weighted by Crippen LogP contribution is -2.46. The standard InChI is InChI=1S/C14H24N2O3/c1-15-7-5-12(6-8-15)16(2)13(17)10-3-4-11(9-10)14(18)19/h10-12H,3-9H2,1-2H3,(H,18,19)/t10-,11+/m1/s1. The first kappa shape index (κ1) is 14.3. The van der Waals surface area contributed by atoms with Crippen LogP contribution in [0.25, 0.3) is 0 Å². The number of rotatable bonds is 3. The zero-order chi connectivity index (χ0) is 14.0. The number of carboxylic acid groups (broad SMARTS) is 1. The molecule has 1 saturated carbocycles. The minimum absolute atomic E-state index is 0.0780. The highest BCUT2D eigenvalue weighted by atomic mass is 16.4. The van der Waals surface area contributed by atoms with Gasteiger partial charge in [-0.05, 0) is 52.2 Å². The molecule has 0 aromatic rings. The molecule has 0 radical (unpaired) electrons. The lowest BCUT2D eigenvalue weighted by Gasteiger charge is -2.36. The molecule has 19 heavy (non-hydrogen) atoms. The zero-order valence-electron chi connectivity index (χ0n) is 11.8. The van der Waals surface area contributed by atoms with Crippen LogP contribution < -0.4 is 0 Å². The van der Waals surface area contributed by atoms with Crippen LogP contribution in [0.1, 0.15) is 32.1 Å². The highest BCUT2D eigenvalue weighted by Crippen LogP contribution is 2.33. The van der Waals surface area contributed by atoms with Gasteiger partial charge in [0.25, 0.3) is 0 Å². The molecule has 1 aliphatic heterocycles. The summed E-state index contributed by atoms with van der Waals surface area (Å²) in [4.78, 5) is 27.5. The summed E-state index contributed by atoms with van der Waals surface area (Å²) in [6, 6.07) is 0.326. The summed E-state index contributed by atoms with van der Waals surface area (Å²) >= 11 is 0. The summed E-state index contributed by atoms with van der Waals surface area (Å²) in [6.07, 6.45) is 3.94.